The van der Waals surface area contributed by atoms with E-state index in [9.17, 15) is 14.4 Å². The van der Waals surface area contributed by atoms with Crippen molar-refractivity contribution >= 4 is 29.2 Å². The van der Waals surface area contributed by atoms with E-state index in [4.69, 9.17) is 9.47 Å². The molecule has 0 radical (unpaired) electrons. The number of ether oxygens (including phenoxy) is 2. The molecule has 0 aromatic heterocycles. The van der Waals surface area contributed by atoms with Gasteiger partial charge in [0.2, 0.25) is 5.91 Å². The average Bonchev–Trinajstić information content (AvgIpc) is 2.65. The molecule has 1 heterocycles. The Balaban J connectivity index is 1.63. The minimum absolute atomic E-state index is 0.308. The predicted octanol–water partition coefficient (Wildman–Crippen LogP) is 2.68. The van der Waals surface area contributed by atoms with Crippen LogP contribution < -0.4 is 15.0 Å². The zero-order chi connectivity index (χ0) is 20.3. The third kappa shape index (κ3) is 3.98. The second kappa shape index (κ2) is 7.72. The van der Waals surface area contributed by atoms with Gasteiger partial charge in [-0.25, -0.2) is 4.79 Å². The third-order valence-electron chi connectivity index (χ3n) is 4.46. The molecule has 0 spiro atoms. The lowest BCUT2D eigenvalue weighted by molar-refractivity contribution is -0.150. The summed E-state index contributed by atoms with van der Waals surface area (Å²) < 4.78 is 10.4. The molecule has 1 aliphatic heterocycles. The SMILES string of the molecule is Cc1cccc(OCC(=O)OCC(=O)N2c3ccccc3NC(=O)C2(C)C)c1. The Morgan fingerprint density at radius 3 is 2.57 bits per heavy atom. The second-order valence-electron chi connectivity index (χ2n) is 7.03. The molecule has 146 valence electrons. The summed E-state index contributed by atoms with van der Waals surface area (Å²) in [7, 11) is 0. The summed E-state index contributed by atoms with van der Waals surface area (Å²) in [6.07, 6.45) is 0. The topological polar surface area (TPSA) is 84.9 Å². The summed E-state index contributed by atoms with van der Waals surface area (Å²) >= 11 is 0. The molecule has 1 aliphatic rings. The Morgan fingerprint density at radius 2 is 1.82 bits per heavy atom. The van der Waals surface area contributed by atoms with Crippen LogP contribution in [-0.4, -0.2) is 36.5 Å². The maximum absolute atomic E-state index is 12.8. The van der Waals surface area contributed by atoms with E-state index in [-0.39, 0.29) is 12.5 Å². The van der Waals surface area contributed by atoms with Gasteiger partial charge in [-0.3, -0.25) is 14.5 Å². The molecule has 1 N–H and O–H groups in total. The smallest absolute Gasteiger partial charge is 0.344 e. The van der Waals surface area contributed by atoms with Crippen molar-refractivity contribution in [1.29, 1.82) is 0 Å². The fourth-order valence-corrected chi connectivity index (χ4v) is 2.99. The van der Waals surface area contributed by atoms with Crippen LogP contribution in [0, 0.1) is 6.92 Å². The Kier molecular flexibility index (Phi) is 5.35. The normalized spacial score (nSPS) is 14.7. The summed E-state index contributed by atoms with van der Waals surface area (Å²) in [6, 6.07) is 14.2. The number of benzene rings is 2. The van der Waals surface area contributed by atoms with Gasteiger partial charge in [0.15, 0.2) is 13.2 Å². The molecule has 0 atom stereocenters. The highest BCUT2D eigenvalue weighted by Crippen LogP contribution is 2.36. The summed E-state index contributed by atoms with van der Waals surface area (Å²) in [4.78, 5) is 38.5. The first-order chi connectivity index (χ1) is 13.3. The van der Waals surface area contributed by atoms with E-state index in [1.54, 1.807) is 50.2 Å². The number of carbonyl (C=O) groups excluding carboxylic acids is 3. The Morgan fingerprint density at radius 1 is 1.07 bits per heavy atom. The number of fused-ring (bicyclic) bond motifs is 1. The predicted molar refractivity (Wildman–Crippen MR) is 104 cm³/mol. The number of hydrogen-bond acceptors (Lipinski definition) is 5. The van der Waals surface area contributed by atoms with Crippen molar-refractivity contribution in [3.63, 3.8) is 0 Å². The fourth-order valence-electron chi connectivity index (χ4n) is 2.99. The molecule has 2 aromatic carbocycles. The molecular formula is C21H22N2O5. The van der Waals surface area contributed by atoms with Crippen molar-refractivity contribution < 1.29 is 23.9 Å². The highest BCUT2D eigenvalue weighted by molar-refractivity contribution is 6.14. The number of para-hydroxylation sites is 2. The van der Waals surface area contributed by atoms with Crippen molar-refractivity contribution in [2.24, 2.45) is 0 Å². The van der Waals surface area contributed by atoms with Crippen LogP contribution in [0.1, 0.15) is 19.4 Å². The minimum atomic E-state index is -1.12. The van der Waals surface area contributed by atoms with E-state index >= 15 is 0 Å². The van der Waals surface area contributed by atoms with Gasteiger partial charge in [0, 0.05) is 0 Å². The maximum atomic E-state index is 12.8. The Bertz CT molecular complexity index is 923. The number of aryl methyl sites for hydroxylation is 1. The molecule has 0 aliphatic carbocycles. The number of nitrogens with one attached hydrogen (secondary N) is 1. The van der Waals surface area contributed by atoms with E-state index < -0.39 is 24.0 Å². The Labute approximate surface area is 163 Å². The van der Waals surface area contributed by atoms with E-state index in [2.05, 4.69) is 5.32 Å². The van der Waals surface area contributed by atoms with Crippen LogP contribution in [0.15, 0.2) is 48.5 Å². The molecule has 2 amide bonds. The van der Waals surface area contributed by atoms with Gasteiger partial charge in [-0.1, -0.05) is 24.3 Å². The number of carbonyl (C=O) groups is 3. The van der Waals surface area contributed by atoms with Gasteiger partial charge in [0.25, 0.3) is 5.91 Å². The number of nitrogens with zero attached hydrogens (tertiary/aromatic N) is 1. The number of esters is 1. The molecule has 3 rings (SSSR count). The molecule has 0 unspecified atom stereocenters. The zero-order valence-corrected chi connectivity index (χ0v) is 16.0. The zero-order valence-electron chi connectivity index (χ0n) is 16.0. The molecule has 0 saturated heterocycles. The van der Waals surface area contributed by atoms with Crippen molar-refractivity contribution in [2.75, 3.05) is 23.4 Å². The fraction of sp³-hybridized carbons (Fsp3) is 0.286. The highest BCUT2D eigenvalue weighted by atomic mass is 16.6. The standard InChI is InChI=1S/C21H22N2O5/c1-14-7-6-8-15(11-14)27-13-19(25)28-12-18(24)23-17-10-5-4-9-16(17)22-20(26)21(23,2)3/h4-11H,12-13H2,1-3H3,(H,22,26). The third-order valence-corrected chi connectivity index (χ3v) is 4.46. The number of hydrogen-bond donors (Lipinski definition) is 1. The van der Waals surface area contributed by atoms with Crippen molar-refractivity contribution in [3.05, 3.63) is 54.1 Å². The summed E-state index contributed by atoms with van der Waals surface area (Å²) in [5, 5.41) is 2.78. The van der Waals surface area contributed by atoms with Crippen LogP contribution >= 0.6 is 0 Å². The minimum Gasteiger partial charge on any atom is -0.482 e. The van der Waals surface area contributed by atoms with Gasteiger partial charge in [-0.2, -0.15) is 0 Å². The van der Waals surface area contributed by atoms with Gasteiger partial charge in [-0.05, 0) is 50.6 Å². The molecular weight excluding hydrogens is 360 g/mol. The first-order valence-electron chi connectivity index (χ1n) is 8.87. The average molecular weight is 382 g/mol. The van der Waals surface area contributed by atoms with Gasteiger partial charge in [-0.15, -0.1) is 0 Å². The number of amides is 2. The van der Waals surface area contributed by atoms with Crippen LogP contribution in [0.25, 0.3) is 0 Å². The van der Waals surface area contributed by atoms with Crippen LogP contribution in [0.3, 0.4) is 0 Å². The lowest BCUT2D eigenvalue weighted by Crippen LogP contribution is -2.59. The first kappa shape index (κ1) is 19.4. The van der Waals surface area contributed by atoms with Crippen LogP contribution in [0.4, 0.5) is 11.4 Å². The molecule has 28 heavy (non-hydrogen) atoms. The molecule has 2 aromatic rings. The lowest BCUT2D eigenvalue weighted by atomic mass is 9.96. The lowest BCUT2D eigenvalue weighted by Gasteiger charge is -2.41. The monoisotopic (exact) mass is 382 g/mol. The number of rotatable bonds is 5. The van der Waals surface area contributed by atoms with Gasteiger partial charge in [0.1, 0.15) is 11.3 Å². The largest absolute Gasteiger partial charge is 0.482 e. The van der Waals surface area contributed by atoms with Crippen LogP contribution in [-0.2, 0) is 19.1 Å². The summed E-state index contributed by atoms with van der Waals surface area (Å²) in [5.41, 5.74) is 0.986. The first-order valence-corrected chi connectivity index (χ1v) is 8.87. The summed E-state index contributed by atoms with van der Waals surface area (Å²) in [5.74, 6) is -0.918. The van der Waals surface area contributed by atoms with Crippen molar-refractivity contribution in [2.45, 2.75) is 26.3 Å². The molecule has 0 bridgehead atoms. The van der Waals surface area contributed by atoms with Gasteiger partial charge in [0.05, 0.1) is 11.4 Å². The van der Waals surface area contributed by atoms with Gasteiger partial charge >= 0.3 is 5.97 Å². The highest BCUT2D eigenvalue weighted by Gasteiger charge is 2.43. The molecule has 0 fully saturated rings. The van der Waals surface area contributed by atoms with Crippen molar-refractivity contribution in [1.82, 2.24) is 0 Å². The maximum Gasteiger partial charge on any atom is 0.344 e. The summed E-state index contributed by atoms with van der Waals surface area (Å²) in [6.45, 7) is 4.40. The molecule has 7 heteroatoms. The van der Waals surface area contributed by atoms with Crippen LogP contribution in [0.5, 0.6) is 5.75 Å². The van der Waals surface area contributed by atoms with E-state index in [1.165, 1.54) is 4.90 Å². The quantitative estimate of drug-likeness (QED) is 0.804. The van der Waals surface area contributed by atoms with E-state index in [1.807, 2.05) is 19.1 Å². The van der Waals surface area contributed by atoms with E-state index in [0.717, 1.165) is 5.56 Å². The van der Waals surface area contributed by atoms with Crippen LogP contribution in [0.2, 0.25) is 0 Å². The van der Waals surface area contributed by atoms with E-state index in [0.29, 0.717) is 17.1 Å². The second-order valence-corrected chi connectivity index (χ2v) is 7.03. The van der Waals surface area contributed by atoms with Gasteiger partial charge < -0.3 is 14.8 Å². The molecule has 7 nitrogen and oxygen atoms in total. The van der Waals surface area contributed by atoms with Crippen molar-refractivity contribution in [3.8, 4) is 5.75 Å². The molecule has 0 saturated carbocycles. The number of anilines is 2. The Hall–Kier alpha value is -3.35.